The van der Waals surface area contributed by atoms with Gasteiger partial charge in [0.1, 0.15) is 11.8 Å². The number of nitriles is 1. The molecule has 0 saturated carbocycles. The van der Waals surface area contributed by atoms with Crippen molar-refractivity contribution in [2.24, 2.45) is 10.2 Å². The van der Waals surface area contributed by atoms with E-state index >= 15 is 0 Å². The third-order valence-corrected chi connectivity index (χ3v) is 2.05. The van der Waals surface area contributed by atoms with E-state index in [-0.39, 0.29) is 0 Å². The summed E-state index contributed by atoms with van der Waals surface area (Å²) >= 11 is 0. The standard InChI is InChI=1S/C13H9N3/c14-10-11-6-4-5-9-13(11)16-15-12-7-2-1-3-8-12/h1-9H/b16-15+. The van der Waals surface area contributed by atoms with Crippen LogP contribution < -0.4 is 0 Å². The van der Waals surface area contributed by atoms with Gasteiger partial charge in [-0.2, -0.15) is 10.4 Å². The van der Waals surface area contributed by atoms with Gasteiger partial charge in [-0.3, -0.25) is 0 Å². The van der Waals surface area contributed by atoms with Crippen LogP contribution in [0.2, 0.25) is 0 Å². The van der Waals surface area contributed by atoms with E-state index < -0.39 is 0 Å². The second-order valence-electron chi connectivity index (χ2n) is 3.16. The molecule has 2 aromatic rings. The van der Waals surface area contributed by atoms with Crippen molar-refractivity contribution in [2.75, 3.05) is 0 Å². The Labute approximate surface area is 93.7 Å². The number of hydrogen-bond donors (Lipinski definition) is 0. The highest BCUT2D eigenvalue weighted by Crippen LogP contribution is 2.20. The molecule has 0 atom stereocenters. The van der Waals surface area contributed by atoms with Gasteiger partial charge in [-0.25, -0.2) is 0 Å². The molecule has 0 N–H and O–H groups in total. The lowest BCUT2D eigenvalue weighted by Crippen LogP contribution is -1.73. The number of nitrogens with zero attached hydrogens (tertiary/aromatic N) is 3. The summed E-state index contributed by atoms with van der Waals surface area (Å²) in [6.07, 6.45) is 0. The molecule has 0 aliphatic rings. The van der Waals surface area contributed by atoms with Crippen LogP contribution in [0.1, 0.15) is 5.56 Å². The van der Waals surface area contributed by atoms with E-state index in [2.05, 4.69) is 16.3 Å². The van der Waals surface area contributed by atoms with Crippen molar-refractivity contribution in [3.63, 3.8) is 0 Å². The average molecular weight is 207 g/mol. The van der Waals surface area contributed by atoms with E-state index in [0.29, 0.717) is 11.3 Å². The molecule has 3 nitrogen and oxygen atoms in total. The number of hydrogen-bond acceptors (Lipinski definition) is 3. The van der Waals surface area contributed by atoms with E-state index in [1.165, 1.54) is 0 Å². The third kappa shape index (κ3) is 2.31. The van der Waals surface area contributed by atoms with Crippen LogP contribution in [0.4, 0.5) is 11.4 Å². The van der Waals surface area contributed by atoms with Crippen molar-refractivity contribution in [1.29, 1.82) is 5.26 Å². The first-order valence-electron chi connectivity index (χ1n) is 4.86. The molecule has 76 valence electrons. The van der Waals surface area contributed by atoms with Crippen LogP contribution in [0.25, 0.3) is 0 Å². The van der Waals surface area contributed by atoms with Gasteiger partial charge in [-0.15, -0.1) is 5.11 Å². The quantitative estimate of drug-likeness (QED) is 0.687. The van der Waals surface area contributed by atoms with Gasteiger partial charge in [0.15, 0.2) is 0 Å². The Morgan fingerprint density at radius 3 is 2.25 bits per heavy atom. The van der Waals surface area contributed by atoms with Gasteiger partial charge < -0.3 is 0 Å². The van der Waals surface area contributed by atoms with Gasteiger partial charge in [0, 0.05) is 0 Å². The molecule has 2 rings (SSSR count). The Morgan fingerprint density at radius 2 is 1.50 bits per heavy atom. The Balaban J connectivity index is 2.28. The summed E-state index contributed by atoms with van der Waals surface area (Å²) in [6.45, 7) is 0. The molecule has 0 bridgehead atoms. The van der Waals surface area contributed by atoms with Crippen LogP contribution >= 0.6 is 0 Å². The van der Waals surface area contributed by atoms with Crippen LogP contribution in [0.15, 0.2) is 64.8 Å². The maximum Gasteiger partial charge on any atom is 0.103 e. The summed E-state index contributed by atoms with van der Waals surface area (Å²) < 4.78 is 0. The van der Waals surface area contributed by atoms with Crippen molar-refractivity contribution in [2.45, 2.75) is 0 Å². The van der Waals surface area contributed by atoms with Crippen molar-refractivity contribution < 1.29 is 0 Å². The summed E-state index contributed by atoms with van der Waals surface area (Å²) in [5, 5.41) is 17.0. The Kier molecular flexibility index (Phi) is 3.05. The van der Waals surface area contributed by atoms with Gasteiger partial charge in [0.2, 0.25) is 0 Å². The fraction of sp³-hybridized carbons (Fsp3) is 0. The molecule has 0 aliphatic carbocycles. The first-order valence-corrected chi connectivity index (χ1v) is 4.86. The zero-order chi connectivity index (χ0) is 11.2. The SMILES string of the molecule is N#Cc1ccccc1/N=N/c1ccccc1. The molecule has 0 saturated heterocycles. The molecule has 0 spiro atoms. The molecule has 16 heavy (non-hydrogen) atoms. The highest BCUT2D eigenvalue weighted by molar-refractivity contribution is 5.52. The minimum atomic E-state index is 0.530. The van der Waals surface area contributed by atoms with Gasteiger partial charge in [-0.1, -0.05) is 30.3 Å². The van der Waals surface area contributed by atoms with Crippen LogP contribution in [0.5, 0.6) is 0 Å². The molecule has 0 heterocycles. The molecule has 0 aliphatic heterocycles. The minimum Gasteiger partial charge on any atom is -0.192 e. The van der Waals surface area contributed by atoms with Crippen molar-refractivity contribution in [3.05, 3.63) is 60.2 Å². The van der Waals surface area contributed by atoms with Gasteiger partial charge in [0.05, 0.1) is 11.3 Å². The first kappa shape index (κ1) is 10.1. The molecule has 0 amide bonds. The second-order valence-corrected chi connectivity index (χ2v) is 3.16. The molecular weight excluding hydrogens is 198 g/mol. The Hall–Kier alpha value is -2.47. The largest absolute Gasteiger partial charge is 0.192 e. The van der Waals surface area contributed by atoms with Crippen LogP contribution in [0.3, 0.4) is 0 Å². The number of rotatable bonds is 2. The van der Waals surface area contributed by atoms with Crippen molar-refractivity contribution in [1.82, 2.24) is 0 Å². The highest BCUT2D eigenvalue weighted by Gasteiger charge is 1.97. The van der Waals surface area contributed by atoms with Crippen LogP contribution in [-0.4, -0.2) is 0 Å². The fourth-order valence-electron chi connectivity index (χ4n) is 1.26. The lowest BCUT2D eigenvalue weighted by atomic mass is 10.2. The molecule has 0 aromatic heterocycles. The normalized spacial score (nSPS) is 10.2. The maximum absolute atomic E-state index is 8.86. The summed E-state index contributed by atoms with van der Waals surface area (Å²) in [5.74, 6) is 0. The lowest BCUT2D eigenvalue weighted by Gasteiger charge is -1.94. The predicted octanol–water partition coefficient (Wildman–Crippen LogP) is 3.97. The van der Waals surface area contributed by atoms with Gasteiger partial charge in [0.25, 0.3) is 0 Å². The average Bonchev–Trinajstić information content (AvgIpc) is 2.38. The van der Waals surface area contributed by atoms with E-state index in [0.717, 1.165) is 5.69 Å². The molecule has 0 radical (unpaired) electrons. The molecule has 0 unspecified atom stereocenters. The topological polar surface area (TPSA) is 48.5 Å². The van der Waals surface area contributed by atoms with Gasteiger partial charge in [-0.05, 0) is 24.3 Å². The van der Waals surface area contributed by atoms with Crippen LogP contribution in [-0.2, 0) is 0 Å². The summed E-state index contributed by atoms with van der Waals surface area (Å²) in [7, 11) is 0. The number of benzene rings is 2. The predicted molar refractivity (Wildman–Crippen MR) is 61.8 cm³/mol. The second kappa shape index (κ2) is 4.85. The first-order chi connectivity index (χ1) is 7.90. The van der Waals surface area contributed by atoms with E-state index in [4.69, 9.17) is 5.26 Å². The fourth-order valence-corrected chi connectivity index (χ4v) is 1.26. The summed E-state index contributed by atoms with van der Waals surface area (Å²) in [4.78, 5) is 0. The molecule has 0 fully saturated rings. The molecule has 2 aromatic carbocycles. The zero-order valence-electron chi connectivity index (χ0n) is 8.54. The summed E-state index contributed by atoms with van der Waals surface area (Å²) in [6, 6.07) is 18.6. The minimum absolute atomic E-state index is 0.530. The number of azo groups is 1. The summed E-state index contributed by atoms with van der Waals surface area (Å²) in [5.41, 5.74) is 1.89. The van der Waals surface area contributed by atoms with E-state index in [1.807, 2.05) is 36.4 Å². The van der Waals surface area contributed by atoms with Crippen molar-refractivity contribution in [3.8, 4) is 6.07 Å². The van der Waals surface area contributed by atoms with Crippen LogP contribution in [0, 0.1) is 11.3 Å². The monoisotopic (exact) mass is 207 g/mol. The lowest BCUT2D eigenvalue weighted by molar-refractivity contribution is 1.22. The zero-order valence-corrected chi connectivity index (χ0v) is 8.54. The highest BCUT2D eigenvalue weighted by atomic mass is 15.1. The molecule has 3 heteroatoms. The Bertz CT molecular complexity index is 539. The maximum atomic E-state index is 8.86. The third-order valence-electron chi connectivity index (χ3n) is 2.05. The van der Waals surface area contributed by atoms with E-state index in [9.17, 15) is 0 Å². The molecular formula is C13H9N3. The smallest absolute Gasteiger partial charge is 0.103 e. The van der Waals surface area contributed by atoms with Crippen molar-refractivity contribution >= 4 is 11.4 Å². The van der Waals surface area contributed by atoms with E-state index in [1.54, 1.807) is 18.2 Å². The van der Waals surface area contributed by atoms with Gasteiger partial charge >= 0.3 is 0 Å². The Morgan fingerprint density at radius 1 is 0.812 bits per heavy atom.